The van der Waals surface area contributed by atoms with Gasteiger partial charge in [0, 0.05) is 18.1 Å². The van der Waals surface area contributed by atoms with Gasteiger partial charge in [0.15, 0.2) is 5.69 Å². The lowest BCUT2D eigenvalue weighted by atomic mass is 9.75. The minimum Gasteiger partial charge on any atom is -0.363 e. The van der Waals surface area contributed by atoms with E-state index in [-0.39, 0.29) is 17.3 Å². The molecule has 8 heteroatoms. The molecule has 0 radical (unpaired) electrons. The van der Waals surface area contributed by atoms with Crippen LogP contribution in [0.2, 0.25) is 0 Å². The molecule has 1 atom stereocenters. The summed E-state index contributed by atoms with van der Waals surface area (Å²) in [7, 11) is 0. The zero-order valence-corrected chi connectivity index (χ0v) is 14.4. The van der Waals surface area contributed by atoms with Crippen LogP contribution in [0.1, 0.15) is 37.9 Å². The van der Waals surface area contributed by atoms with Crippen LogP contribution >= 0.6 is 0 Å². The maximum Gasteiger partial charge on any atom is 0.434 e. The quantitative estimate of drug-likeness (QED) is 0.885. The van der Waals surface area contributed by atoms with Crippen LogP contribution < -0.4 is 5.32 Å². The Kier molecular flexibility index (Phi) is 4.48. The van der Waals surface area contributed by atoms with Crippen LogP contribution in [-0.2, 0) is 6.18 Å². The number of pyridine rings is 1. The van der Waals surface area contributed by atoms with E-state index in [1.54, 1.807) is 18.6 Å². The molecule has 1 aliphatic carbocycles. The van der Waals surface area contributed by atoms with Crippen molar-refractivity contribution in [1.29, 1.82) is 5.26 Å². The summed E-state index contributed by atoms with van der Waals surface area (Å²) in [6.45, 7) is 4.11. The Bertz CT molecular complexity index is 860. The average Bonchev–Trinajstić information content (AvgIpc) is 3.10. The van der Waals surface area contributed by atoms with Crippen LogP contribution in [0.15, 0.2) is 36.9 Å². The van der Waals surface area contributed by atoms with Crippen molar-refractivity contribution in [1.82, 2.24) is 14.5 Å². The first-order valence-electron chi connectivity index (χ1n) is 8.14. The first-order valence-corrected chi connectivity index (χ1v) is 8.14. The number of hydrogen-bond donors (Lipinski definition) is 1. The summed E-state index contributed by atoms with van der Waals surface area (Å²) in [4.78, 5) is 7.69. The molecule has 2 heterocycles. The van der Waals surface area contributed by atoms with Gasteiger partial charge in [-0.25, -0.2) is 9.97 Å². The third-order valence-electron chi connectivity index (χ3n) is 4.65. The second-order valence-electron chi connectivity index (χ2n) is 6.94. The van der Waals surface area contributed by atoms with Crippen LogP contribution in [0, 0.1) is 16.7 Å². The molecule has 2 aromatic heterocycles. The van der Waals surface area contributed by atoms with Crippen molar-refractivity contribution in [2.75, 3.05) is 5.32 Å². The minimum absolute atomic E-state index is 0.0949. The predicted octanol–water partition coefficient (Wildman–Crippen LogP) is 4.31. The highest BCUT2D eigenvalue weighted by molar-refractivity contribution is 5.53. The molecule has 1 N–H and O–H groups in total. The normalized spacial score (nSPS) is 19.5. The van der Waals surface area contributed by atoms with E-state index >= 15 is 0 Å². The van der Waals surface area contributed by atoms with Gasteiger partial charge in [-0.1, -0.05) is 13.8 Å². The van der Waals surface area contributed by atoms with Gasteiger partial charge in [-0.2, -0.15) is 18.4 Å². The number of alkyl halides is 3. The highest BCUT2D eigenvalue weighted by Crippen LogP contribution is 2.38. The van der Waals surface area contributed by atoms with Crippen molar-refractivity contribution >= 4 is 11.5 Å². The molecule has 0 aliphatic heterocycles. The van der Waals surface area contributed by atoms with Crippen molar-refractivity contribution < 1.29 is 13.2 Å². The number of aromatic nitrogens is 3. The monoisotopic (exact) mass is 361 g/mol. The van der Waals surface area contributed by atoms with Gasteiger partial charge in [0.1, 0.15) is 11.9 Å². The van der Waals surface area contributed by atoms with E-state index in [0.29, 0.717) is 0 Å². The summed E-state index contributed by atoms with van der Waals surface area (Å²) in [6.07, 6.45) is 4.24. The molecular formula is C18H18F3N5. The summed E-state index contributed by atoms with van der Waals surface area (Å²) in [5.41, 5.74) is -0.792. The van der Waals surface area contributed by atoms with Crippen molar-refractivity contribution in [3.8, 4) is 6.07 Å². The van der Waals surface area contributed by atoms with E-state index in [4.69, 9.17) is 5.26 Å². The van der Waals surface area contributed by atoms with Gasteiger partial charge >= 0.3 is 6.18 Å². The largest absolute Gasteiger partial charge is 0.434 e. The summed E-state index contributed by atoms with van der Waals surface area (Å²) >= 11 is 0. The number of allylic oxidation sites excluding steroid dienone is 1. The van der Waals surface area contributed by atoms with Crippen LogP contribution in [0.3, 0.4) is 0 Å². The highest BCUT2D eigenvalue weighted by Gasteiger charge is 2.37. The molecule has 0 amide bonds. The number of halogens is 3. The summed E-state index contributed by atoms with van der Waals surface area (Å²) < 4.78 is 41.3. The third kappa shape index (κ3) is 3.57. The SMILES string of the molecule is CC1(C)CCC(n2ccnc2)=CC1Nc1ccc(C#N)c(C(F)(F)F)n1. The van der Waals surface area contributed by atoms with E-state index < -0.39 is 17.4 Å². The Morgan fingerprint density at radius 1 is 1.35 bits per heavy atom. The molecule has 0 saturated heterocycles. The van der Waals surface area contributed by atoms with Gasteiger partial charge in [0.2, 0.25) is 0 Å². The lowest BCUT2D eigenvalue weighted by Gasteiger charge is -2.38. The molecule has 3 rings (SSSR count). The maximum atomic E-state index is 13.1. The number of anilines is 1. The van der Waals surface area contributed by atoms with Crippen LogP contribution in [0.25, 0.3) is 5.70 Å². The molecule has 136 valence electrons. The number of nitrogens with zero attached hydrogens (tertiary/aromatic N) is 4. The zero-order valence-electron chi connectivity index (χ0n) is 14.4. The molecule has 2 aromatic rings. The summed E-state index contributed by atoms with van der Waals surface area (Å²) in [5, 5.41) is 12.0. The number of hydrogen-bond acceptors (Lipinski definition) is 4. The summed E-state index contributed by atoms with van der Waals surface area (Å²) in [6, 6.07) is 3.88. The molecular weight excluding hydrogens is 343 g/mol. The predicted molar refractivity (Wildman–Crippen MR) is 90.9 cm³/mol. The lowest BCUT2D eigenvalue weighted by Crippen LogP contribution is -2.38. The van der Waals surface area contributed by atoms with Gasteiger partial charge in [0.05, 0.1) is 17.9 Å². The second-order valence-corrected chi connectivity index (χ2v) is 6.94. The number of nitriles is 1. The van der Waals surface area contributed by atoms with Gasteiger partial charge < -0.3 is 9.88 Å². The zero-order chi connectivity index (χ0) is 18.9. The molecule has 1 unspecified atom stereocenters. The lowest BCUT2D eigenvalue weighted by molar-refractivity contribution is -0.141. The highest BCUT2D eigenvalue weighted by atomic mass is 19.4. The summed E-state index contributed by atoms with van der Waals surface area (Å²) in [5.74, 6) is 0.0949. The van der Waals surface area contributed by atoms with Crippen molar-refractivity contribution in [2.45, 2.75) is 38.9 Å². The Labute approximate surface area is 149 Å². The van der Waals surface area contributed by atoms with Crippen LogP contribution in [0.4, 0.5) is 19.0 Å². The number of rotatable bonds is 3. The third-order valence-corrected chi connectivity index (χ3v) is 4.65. The fourth-order valence-electron chi connectivity index (χ4n) is 2.99. The number of nitrogens with one attached hydrogen (secondary N) is 1. The molecule has 5 nitrogen and oxygen atoms in total. The Hall–Kier alpha value is -2.82. The van der Waals surface area contributed by atoms with Crippen molar-refractivity contribution in [3.63, 3.8) is 0 Å². The van der Waals surface area contributed by atoms with Gasteiger partial charge in [-0.05, 0) is 36.5 Å². The van der Waals surface area contributed by atoms with Gasteiger partial charge in [-0.3, -0.25) is 0 Å². The van der Waals surface area contributed by atoms with Gasteiger partial charge in [0.25, 0.3) is 0 Å². The Morgan fingerprint density at radius 2 is 2.12 bits per heavy atom. The minimum atomic E-state index is -4.68. The fourth-order valence-corrected chi connectivity index (χ4v) is 2.99. The van der Waals surface area contributed by atoms with E-state index in [1.807, 2.05) is 16.8 Å². The molecule has 0 fully saturated rings. The Balaban J connectivity index is 1.93. The second kappa shape index (κ2) is 6.48. The molecule has 0 saturated carbocycles. The maximum absolute atomic E-state index is 13.1. The van der Waals surface area contributed by atoms with E-state index in [9.17, 15) is 13.2 Å². The van der Waals surface area contributed by atoms with Crippen molar-refractivity contribution in [2.24, 2.45) is 5.41 Å². The average molecular weight is 361 g/mol. The van der Waals surface area contributed by atoms with E-state index in [1.165, 1.54) is 6.07 Å². The molecule has 0 spiro atoms. The smallest absolute Gasteiger partial charge is 0.363 e. The van der Waals surface area contributed by atoms with Crippen LogP contribution in [-0.4, -0.2) is 20.6 Å². The fraction of sp³-hybridized carbons (Fsp3) is 0.389. The van der Waals surface area contributed by atoms with Crippen molar-refractivity contribution in [3.05, 3.63) is 48.2 Å². The van der Waals surface area contributed by atoms with Crippen LogP contribution in [0.5, 0.6) is 0 Å². The van der Waals surface area contributed by atoms with Gasteiger partial charge in [-0.15, -0.1) is 0 Å². The number of imidazole rings is 1. The Morgan fingerprint density at radius 3 is 2.73 bits per heavy atom. The van der Waals surface area contributed by atoms with E-state index in [2.05, 4.69) is 29.1 Å². The molecule has 0 bridgehead atoms. The molecule has 0 aromatic carbocycles. The topological polar surface area (TPSA) is 66.5 Å². The van der Waals surface area contributed by atoms with E-state index in [0.717, 1.165) is 24.6 Å². The molecule has 26 heavy (non-hydrogen) atoms. The standard InChI is InChI=1S/C18H18F3N5/c1-17(2)6-5-13(26-8-7-23-11-26)9-14(17)24-15-4-3-12(10-22)16(25-15)18(19,20)21/h3-4,7-9,11,14H,5-6H2,1-2H3,(H,24,25). The first kappa shape index (κ1) is 18.0. The first-order chi connectivity index (χ1) is 12.2. The molecule has 1 aliphatic rings.